The Labute approximate surface area is 106 Å². The maximum Gasteiger partial charge on any atom is 0.223 e. The third-order valence-corrected chi connectivity index (χ3v) is 2.61. The highest BCUT2D eigenvalue weighted by atomic mass is 19.2. The monoisotopic (exact) mass is 277 g/mol. The van der Waals surface area contributed by atoms with E-state index in [1.807, 2.05) is 0 Å². The summed E-state index contributed by atoms with van der Waals surface area (Å²) in [5.74, 6) is -8.15. The van der Waals surface area contributed by atoms with Gasteiger partial charge in [-0.3, -0.25) is 0 Å². The van der Waals surface area contributed by atoms with Gasteiger partial charge in [0, 0.05) is 0 Å². The highest BCUT2D eigenvalue weighted by Crippen LogP contribution is 2.33. The molecular weight excluding hydrogens is 266 g/mol. The van der Waals surface area contributed by atoms with Crippen molar-refractivity contribution in [1.29, 1.82) is 0 Å². The van der Waals surface area contributed by atoms with E-state index in [2.05, 4.69) is 9.73 Å². The smallest absolute Gasteiger partial charge is 0.223 e. The molecule has 0 fully saturated rings. The largest absolute Gasteiger partial charge is 0.493 e. The predicted molar refractivity (Wildman–Crippen MR) is 59.4 cm³/mol. The van der Waals surface area contributed by atoms with Crippen LogP contribution in [0.25, 0.3) is 0 Å². The van der Waals surface area contributed by atoms with Crippen LogP contribution in [0.4, 0.5) is 17.6 Å². The fraction of sp³-hybridized carbons (Fsp3) is 0.417. The summed E-state index contributed by atoms with van der Waals surface area (Å²) in [5.41, 5.74) is -1.31. The number of ether oxygens (including phenoxy) is 2. The zero-order chi connectivity index (χ0) is 14.4. The molecule has 7 heteroatoms. The molecule has 0 spiro atoms. The summed E-state index contributed by atoms with van der Waals surface area (Å²) in [7, 11) is 1.01. The number of nitrogens with zero attached hydrogens (tertiary/aromatic N) is 1. The topological polar surface area (TPSA) is 30.8 Å². The summed E-state index contributed by atoms with van der Waals surface area (Å²) in [4.78, 5) is 3.99. The molecule has 0 aliphatic carbocycles. The summed E-state index contributed by atoms with van der Waals surface area (Å²) in [6.07, 6.45) is 0. The van der Waals surface area contributed by atoms with Crippen LogP contribution in [0.1, 0.15) is 19.4 Å². The Bertz CT molecular complexity index is 570. The Morgan fingerprint density at radius 2 is 1.63 bits per heavy atom. The number of benzene rings is 1. The second-order valence-electron chi connectivity index (χ2n) is 4.68. The predicted octanol–water partition coefficient (Wildman–Crippen LogP) is 2.81. The van der Waals surface area contributed by atoms with Crippen LogP contribution in [0.3, 0.4) is 0 Å². The molecule has 1 heterocycles. The van der Waals surface area contributed by atoms with Crippen LogP contribution in [-0.2, 0) is 4.74 Å². The standard InChI is InChI=1S/C12H11F4NO2/c1-12(2)4-19-11(17-12)5-6(13)7(14)8(15)9(16)10(5)18-3/h4H2,1-3H3. The van der Waals surface area contributed by atoms with Crippen molar-refractivity contribution in [3.63, 3.8) is 0 Å². The lowest BCUT2D eigenvalue weighted by Gasteiger charge is -2.11. The quantitative estimate of drug-likeness (QED) is 0.473. The van der Waals surface area contributed by atoms with E-state index < -0.39 is 40.1 Å². The maximum atomic E-state index is 13.8. The lowest BCUT2D eigenvalue weighted by atomic mass is 10.1. The van der Waals surface area contributed by atoms with Gasteiger partial charge in [0.25, 0.3) is 0 Å². The molecule has 3 nitrogen and oxygen atoms in total. The minimum absolute atomic E-state index is 0.117. The van der Waals surface area contributed by atoms with Gasteiger partial charge in [-0.15, -0.1) is 0 Å². The Balaban J connectivity index is 2.70. The van der Waals surface area contributed by atoms with E-state index in [4.69, 9.17) is 4.74 Å². The van der Waals surface area contributed by atoms with Crippen LogP contribution in [0.2, 0.25) is 0 Å². The van der Waals surface area contributed by atoms with Gasteiger partial charge in [-0.1, -0.05) is 0 Å². The molecule has 0 saturated carbocycles. The van der Waals surface area contributed by atoms with Crippen LogP contribution in [0, 0.1) is 23.3 Å². The molecule has 1 aromatic rings. The zero-order valence-corrected chi connectivity index (χ0v) is 10.5. The molecule has 104 valence electrons. The number of rotatable bonds is 2. The molecule has 0 bridgehead atoms. The minimum Gasteiger partial charge on any atom is -0.493 e. The maximum absolute atomic E-state index is 13.8. The summed E-state index contributed by atoms with van der Waals surface area (Å²) in [5, 5.41) is 0. The average Bonchev–Trinajstić information content (AvgIpc) is 2.71. The second kappa shape index (κ2) is 4.40. The SMILES string of the molecule is COc1c(F)c(F)c(F)c(F)c1C1=NC(C)(C)CO1. The van der Waals surface area contributed by atoms with Crippen LogP contribution in [0.5, 0.6) is 5.75 Å². The first kappa shape index (κ1) is 13.6. The minimum atomic E-state index is -1.93. The van der Waals surface area contributed by atoms with Gasteiger partial charge >= 0.3 is 0 Å². The zero-order valence-electron chi connectivity index (χ0n) is 10.5. The molecule has 19 heavy (non-hydrogen) atoms. The summed E-state index contributed by atoms with van der Waals surface area (Å²) in [6, 6.07) is 0. The number of hydrogen-bond acceptors (Lipinski definition) is 3. The molecular formula is C12H11F4NO2. The van der Waals surface area contributed by atoms with Crippen molar-refractivity contribution in [2.24, 2.45) is 4.99 Å². The van der Waals surface area contributed by atoms with E-state index in [1.165, 1.54) is 0 Å². The van der Waals surface area contributed by atoms with E-state index in [-0.39, 0.29) is 12.5 Å². The molecule has 1 aromatic carbocycles. The fourth-order valence-electron chi connectivity index (χ4n) is 1.71. The van der Waals surface area contributed by atoms with Crippen molar-refractivity contribution in [3.8, 4) is 5.75 Å². The lowest BCUT2D eigenvalue weighted by molar-refractivity contribution is 0.276. The van der Waals surface area contributed by atoms with Crippen molar-refractivity contribution in [2.75, 3.05) is 13.7 Å². The average molecular weight is 277 g/mol. The van der Waals surface area contributed by atoms with Crippen LogP contribution in [0.15, 0.2) is 4.99 Å². The van der Waals surface area contributed by atoms with Gasteiger partial charge in [0.15, 0.2) is 17.4 Å². The Morgan fingerprint density at radius 1 is 1.05 bits per heavy atom. The molecule has 0 aromatic heterocycles. The molecule has 0 unspecified atom stereocenters. The van der Waals surface area contributed by atoms with Crippen molar-refractivity contribution in [1.82, 2.24) is 0 Å². The van der Waals surface area contributed by atoms with E-state index in [9.17, 15) is 17.6 Å². The van der Waals surface area contributed by atoms with E-state index in [0.717, 1.165) is 7.11 Å². The van der Waals surface area contributed by atoms with Gasteiger partial charge < -0.3 is 9.47 Å². The summed E-state index contributed by atoms with van der Waals surface area (Å²) in [6.45, 7) is 3.51. The molecule has 0 atom stereocenters. The van der Waals surface area contributed by atoms with E-state index in [1.54, 1.807) is 13.8 Å². The van der Waals surface area contributed by atoms with Gasteiger partial charge in [-0.2, -0.15) is 4.39 Å². The van der Waals surface area contributed by atoms with Crippen LogP contribution < -0.4 is 4.74 Å². The summed E-state index contributed by atoms with van der Waals surface area (Å²) >= 11 is 0. The van der Waals surface area contributed by atoms with Crippen LogP contribution >= 0.6 is 0 Å². The molecule has 1 aliphatic heterocycles. The molecule has 2 rings (SSSR count). The van der Waals surface area contributed by atoms with E-state index in [0.29, 0.717) is 0 Å². The van der Waals surface area contributed by atoms with Gasteiger partial charge in [-0.25, -0.2) is 18.2 Å². The summed E-state index contributed by atoms with van der Waals surface area (Å²) < 4.78 is 63.4. The van der Waals surface area contributed by atoms with Crippen molar-refractivity contribution < 1.29 is 27.0 Å². The number of hydrogen-bond donors (Lipinski definition) is 0. The van der Waals surface area contributed by atoms with Gasteiger partial charge in [0.05, 0.1) is 12.6 Å². The lowest BCUT2D eigenvalue weighted by Crippen LogP contribution is -2.17. The Kier molecular flexibility index (Phi) is 3.15. The second-order valence-corrected chi connectivity index (χ2v) is 4.68. The number of aliphatic imine (C=N–C) groups is 1. The highest BCUT2D eigenvalue weighted by Gasteiger charge is 2.35. The van der Waals surface area contributed by atoms with Crippen molar-refractivity contribution in [2.45, 2.75) is 19.4 Å². The Hall–Kier alpha value is -1.79. The third kappa shape index (κ3) is 2.13. The van der Waals surface area contributed by atoms with Gasteiger partial charge in [-0.05, 0) is 13.8 Å². The van der Waals surface area contributed by atoms with Crippen molar-refractivity contribution in [3.05, 3.63) is 28.8 Å². The van der Waals surface area contributed by atoms with E-state index >= 15 is 0 Å². The first-order valence-corrected chi connectivity index (χ1v) is 5.41. The molecule has 0 amide bonds. The third-order valence-electron chi connectivity index (χ3n) is 2.61. The van der Waals surface area contributed by atoms with Crippen LogP contribution in [-0.4, -0.2) is 25.2 Å². The first-order valence-electron chi connectivity index (χ1n) is 5.41. The fourth-order valence-corrected chi connectivity index (χ4v) is 1.71. The first-order chi connectivity index (χ1) is 8.78. The number of methoxy groups -OCH3 is 1. The highest BCUT2D eigenvalue weighted by molar-refractivity contribution is 5.98. The number of halogens is 4. The molecule has 1 aliphatic rings. The molecule has 0 radical (unpaired) electrons. The Morgan fingerprint density at radius 3 is 2.11 bits per heavy atom. The molecule has 0 saturated heterocycles. The van der Waals surface area contributed by atoms with Gasteiger partial charge in [0.2, 0.25) is 17.5 Å². The van der Waals surface area contributed by atoms with Gasteiger partial charge in [0.1, 0.15) is 12.2 Å². The molecule has 0 N–H and O–H groups in total. The van der Waals surface area contributed by atoms with Crippen molar-refractivity contribution >= 4 is 5.90 Å². The normalized spacial score (nSPS) is 17.1.